The molecule has 12 heteroatoms. The van der Waals surface area contributed by atoms with Crippen LogP contribution in [0.4, 0.5) is 13.2 Å². The fourth-order valence-electron chi connectivity index (χ4n) is 2.66. The number of aromatic nitrogens is 3. The SMILES string of the molecule is COc1ncccc1-c1cc(CNC(=O)c2ccccc2OC(F)(F)F)nn1PI. The largest absolute Gasteiger partial charge is 0.573 e. The Bertz CT molecular complexity index is 1050. The van der Waals surface area contributed by atoms with Gasteiger partial charge in [0.2, 0.25) is 5.88 Å². The van der Waals surface area contributed by atoms with Gasteiger partial charge in [-0.1, -0.05) is 12.1 Å². The lowest BCUT2D eigenvalue weighted by Crippen LogP contribution is -2.25. The smallest absolute Gasteiger partial charge is 0.481 e. The number of para-hydroxylation sites is 1. The molecule has 0 aliphatic heterocycles. The molecule has 1 N–H and O–H groups in total. The minimum Gasteiger partial charge on any atom is -0.481 e. The molecular weight excluding hydrogens is 535 g/mol. The van der Waals surface area contributed by atoms with Gasteiger partial charge < -0.3 is 14.8 Å². The van der Waals surface area contributed by atoms with Crippen LogP contribution in [0, 0.1) is 0 Å². The summed E-state index contributed by atoms with van der Waals surface area (Å²) in [5.41, 5.74) is 1.79. The zero-order valence-corrected chi connectivity index (χ0v) is 18.6. The van der Waals surface area contributed by atoms with E-state index in [0.29, 0.717) is 11.6 Å². The average molecular weight is 550 g/mol. The summed E-state index contributed by atoms with van der Waals surface area (Å²) in [5, 5.41) is 7.02. The van der Waals surface area contributed by atoms with Crippen LogP contribution in [-0.4, -0.2) is 33.9 Å². The van der Waals surface area contributed by atoms with E-state index in [1.165, 1.54) is 25.3 Å². The molecule has 3 rings (SSSR count). The molecule has 0 spiro atoms. The molecule has 2 heterocycles. The Morgan fingerprint density at radius 1 is 1.27 bits per heavy atom. The van der Waals surface area contributed by atoms with E-state index in [-0.39, 0.29) is 18.5 Å². The Morgan fingerprint density at radius 3 is 2.73 bits per heavy atom. The zero-order valence-electron chi connectivity index (χ0n) is 15.4. The molecule has 30 heavy (non-hydrogen) atoms. The van der Waals surface area contributed by atoms with E-state index in [9.17, 15) is 18.0 Å². The minimum atomic E-state index is -4.89. The Morgan fingerprint density at radius 2 is 2.03 bits per heavy atom. The van der Waals surface area contributed by atoms with E-state index < -0.39 is 18.0 Å². The number of hydrogen-bond donors (Lipinski definition) is 1. The third kappa shape index (κ3) is 5.39. The van der Waals surface area contributed by atoms with Gasteiger partial charge >= 0.3 is 6.36 Å². The van der Waals surface area contributed by atoms with E-state index in [0.717, 1.165) is 17.3 Å². The summed E-state index contributed by atoms with van der Waals surface area (Å²) >= 11 is 2.17. The zero-order chi connectivity index (χ0) is 21.7. The van der Waals surface area contributed by atoms with Crippen LogP contribution in [0.25, 0.3) is 11.3 Å². The van der Waals surface area contributed by atoms with Crippen molar-refractivity contribution in [2.45, 2.75) is 12.9 Å². The number of rotatable bonds is 7. The second kappa shape index (κ2) is 9.61. The molecule has 0 aliphatic carbocycles. The molecule has 1 amide bonds. The minimum absolute atomic E-state index is 0.0167. The number of ether oxygens (including phenoxy) is 2. The normalized spacial score (nSPS) is 11.6. The van der Waals surface area contributed by atoms with Gasteiger partial charge in [-0.15, -0.1) is 13.2 Å². The first-order chi connectivity index (χ1) is 14.3. The Hall–Kier alpha value is -2.40. The number of nitrogens with one attached hydrogen (secondary N) is 1. The topological polar surface area (TPSA) is 78.3 Å². The highest BCUT2D eigenvalue weighted by atomic mass is 127. The quantitative estimate of drug-likeness (QED) is 0.345. The van der Waals surface area contributed by atoms with Crippen molar-refractivity contribution < 1.29 is 27.4 Å². The maximum Gasteiger partial charge on any atom is 0.573 e. The van der Waals surface area contributed by atoms with Crippen molar-refractivity contribution in [2.24, 2.45) is 0 Å². The third-order valence-corrected chi connectivity index (χ3v) is 5.74. The maximum atomic E-state index is 12.6. The van der Waals surface area contributed by atoms with E-state index >= 15 is 0 Å². The lowest BCUT2D eigenvalue weighted by atomic mass is 10.1. The highest BCUT2D eigenvalue weighted by Gasteiger charge is 2.32. The number of nitrogens with zero attached hydrogens (tertiary/aromatic N) is 3. The van der Waals surface area contributed by atoms with Crippen LogP contribution < -0.4 is 14.8 Å². The summed E-state index contributed by atoms with van der Waals surface area (Å²) in [7, 11) is 1.51. The fourth-order valence-corrected chi connectivity index (χ4v) is 4.20. The number of carbonyl (C=O) groups excluding carboxylic acids is 1. The van der Waals surface area contributed by atoms with E-state index in [4.69, 9.17) is 4.74 Å². The molecule has 0 saturated carbocycles. The molecule has 2 aromatic heterocycles. The van der Waals surface area contributed by atoms with Gasteiger partial charge in [-0.25, -0.2) is 9.44 Å². The van der Waals surface area contributed by atoms with Crippen molar-refractivity contribution in [1.29, 1.82) is 0 Å². The molecule has 1 unspecified atom stereocenters. The van der Waals surface area contributed by atoms with E-state index in [2.05, 4.69) is 42.2 Å². The Labute approximate surface area is 184 Å². The van der Waals surface area contributed by atoms with Crippen LogP contribution in [0.3, 0.4) is 0 Å². The highest BCUT2D eigenvalue weighted by molar-refractivity contribution is 14.2. The number of alkyl halides is 3. The first-order valence-electron chi connectivity index (χ1n) is 8.40. The summed E-state index contributed by atoms with van der Waals surface area (Å²) in [6, 6.07) is 10.5. The van der Waals surface area contributed by atoms with Crippen molar-refractivity contribution in [3.8, 4) is 22.9 Å². The van der Waals surface area contributed by atoms with Crippen LogP contribution in [0.5, 0.6) is 11.6 Å². The van der Waals surface area contributed by atoms with Gasteiger partial charge in [-0.05, 0) is 52.4 Å². The molecule has 1 atom stereocenters. The van der Waals surface area contributed by atoms with Gasteiger partial charge in [0.1, 0.15) is 5.75 Å². The second-order valence-corrected chi connectivity index (χ2v) is 7.84. The summed E-state index contributed by atoms with van der Waals surface area (Å²) in [5.74, 6) is -0.841. The summed E-state index contributed by atoms with van der Waals surface area (Å²) in [6.45, 7) is 0.0167. The predicted octanol–water partition coefficient (Wildman–Crippen LogP) is 4.57. The standard InChI is InChI=1S/C18H15F3IN4O3P/c1-28-17-12(6-4-8-23-17)14-9-11(25-26(14)30-22)10-24-16(27)13-5-2-3-7-15(13)29-18(19,20)21/h2-9,30H,10H2,1H3,(H,24,27). The van der Waals surface area contributed by atoms with Crippen molar-refractivity contribution in [3.05, 3.63) is 59.9 Å². The monoisotopic (exact) mass is 550 g/mol. The number of hydrogen-bond acceptors (Lipinski definition) is 5. The Kier molecular flexibility index (Phi) is 7.14. The van der Waals surface area contributed by atoms with Gasteiger partial charge in [0, 0.05) is 6.20 Å². The predicted molar refractivity (Wildman–Crippen MR) is 114 cm³/mol. The Balaban J connectivity index is 1.79. The molecule has 1 aromatic carbocycles. The van der Waals surface area contributed by atoms with Crippen molar-refractivity contribution >= 4 is 34.3 Å². The van der Waals surface area contributed by atoms with Crippen LogP contribution >= 0.6 is 28.4 Å². The molecule has 158 valence electrons. The molecule has 0 aliphatic rings. The van der Waals surface area contributed by atoms with Crippen molar-refractivity contribution in [3.63, 3.8) is 0 Å². The fraction of sp³-hybridized carbons (Fsp3) is 0.167. The van der Waals surface area contributed by atoms with Gasteiger partial charge in [-0.3, -0.25) is 4.79 Å². The average Bonchev–Trinajstić information content (AvgIpc) is 3.14. The number of benzene rings is 1. The molecule has 0 radical (unpaired) electrons. The highest BCUT2D eigenvalue weighted by Crippen LogP contribution is 2.35. The lowest BCUT2D eigenvalue weighted by molar-refractivity contribution is -0.274. The van der Waals surface area contributed by atoms with Crippen LogP contribution in [-0.2, 0) is 6.54 Å². The van der Waals surface area contributed by atoms with E-state index in [1.807, 2.05) is 6.07 Å². The third-order valence-electron chi connectivity index (χ3n) is 3.87. The number of halogens is 4. The summed E-state index contributed by atoms with van der Waals surface area (Å²) < 4.78 is 48.6. The first kappa shape index (κ1) is 22.3. The second-order valence-electron chi connectivity index (χ2n) is 5.80. The number of methoxy groups -OCH3 is 1. The van der Waals surface area contributed by atoms with E-state index in [1.54, 1.807) is 22.8 Å². The van der Waals surface area contributed by atoms with Crippen molar-refractivity contribution in [2.75, 3.05) is 7.11 Å². The number of amides is 1. The van der Waals surface area contributed by atoms with Gasteiger partial charge in [0.25, 0.3) is 5.91 Å². The van der Waals surface area contributed by atoms with Crippen LogP contribution in [0.15, 0.2) is 48.7 Å². The molecule has 0 bridgehead atoms. The van der Waals surface area contributed by atoms with Crippen molar-refractivity contribution in [1.82, 2.24) is 19.9 Å². The summed E-state index contributed by atoms with van der Waals surface area (Å²) in [4.78, 5) is 16.6. The van der Waals surface area contributed by atoms with Crippen LogP contribution in [0.2, 0.25) is 0 Å². The molecule has 0 saturated heterocycles. The lowest BCUT2D eigenvalue weighted by Gasteiger charge is -2.12. The molecule has 3 aromatic rings. The van der Waals surface area contributed by atoms with Gasteiger partial charge in [-0.2, -0.15) is 5.10 Å². The van der Waals surface area contributed by atoms with Gasteiger partial charge in [0.05, 0.1) is 42.5 Å². The van der Waals surface area contributed by atoms with Crippen LogP contribution in [0.1, 0.15) is 16.1 Å². The molecule has 0 fully saturated rings. The first-order valence-corrected chi connectivity index (χ1v) is 12.5. The number of carbonyl (C=O) groups is 1. The summed E-state index contributed by atoms with van der Waals surface area (Å²) in [6.07, 6.45) is -3.02. The molecule has 7 nitrogen and oxygen atoms in total. The van der Waals surface area contributed by atoms with Gasteiger partial charge in [0.15, 0.2) is 0 Å². The maximum absolute atomic E-state index is 12.6. The molecular formula is C18H15F3IN4O3P. The number of pyridine rings is 1.